The van der Waals surface area contributed by atoms with E-state index in [0.29, 0.717) is 34.1 Å². The maximum atomic E-state index is 13.7. The number of imide groups is 1. The second kappa shape index (κ2) is 8.87. The summed E-state index contributed by atoms with van der Waals surface area (Å²) in [5.41, 5.74) is 0.783. The topological polar surface area (TPSA) is 53.0 Å². The highest BCUT2D eigenvalue weighted by molar-refractivity contribution is 6.31. The van der Waals surface area contributed by atoms with Crippen LogP contribution in [0.15, 0.2) is 71.7 Å². The third kappa shape index (κ3) is 4.13. The van der Waals surface area contributed by atoms with E-state index in [1.807, 2.05) is 37.2 Å². The standard InChI is InChI=1S/C28H22F3N3O2/c1-33(2)12-13-34-26(35)21-10-4-7-18-15-19-8-5-11-22(24(19)25(23(18)21)27(34)36)32-16-17-6-3-9-20(14-17)28(29,30)31/h3-11,14-16H,12-13H2,1-2H3. The average molecular weight is 489 g/mol. The first-order chi connectivity index (χ1) is 17.1. The van der Waals surface area contributed by atoms with Crippen molar-refractivity contribution in [1.29, 1.82) is 0 Å². The number of rotatable bonds is 5. The van der Waals surface area contributed by atoms with Gasteiger partial charge in [-0.25, -0.2) is 0 Å². The average Bonchev–Trinajstić information content (AvgIpc) is 2.84. The number of carbonyl (C=O) groups excluding carboxylic acids is 2. The molecule has 0 bridgehead atoms. The van der Waals surface area contributed by atoms with Gasteiger partial charge in [0.2, 0.25) is 0 Å². The number of hydrogen-bond acceptors (Lipinski definition) is 4. The molecule has 0 radical (unpaired) electrons. The molecule has 0 aromatic heterocycles. The number of alkyl halides is 3. The van der Waals surface area contributed by atoms with Crippen LogP contribution in [0.1, 0.15) is 31.8 Å². The lowest BCUT2D eigenvalue weighted by atomic mass is 9.89. The van der Waals surface area contributed by atoms with Gasteiger partial charge < -0.3 is 4.90 Å². The normalized spacial score (nSPS) is 14.1. The van der Waals surface area contributed by atoms with Crippen LogP contribution >= 0.6 is 0 Å². The van der Waals surface area contributed by atoms with Crippen molar-refractivity contribution >= 4 is 45.3 Å². The number of likely N-dealkylation sites (N-methyl/N-ethyl adjacent to an activating group) is 1. The van der Waals surface area contributed by atoms with E-state index in [4.69, 9.17) is 0 Å². The predicted molar refractivity (Wildman–Crippen MR) is 134 cm³/mol. The molecule has 2 amide bonds. The molecule has 0 atom stereocenters. The highest BCUT2D eigenvalue weighted by Crippen LogP contribution is 2.39. The molecule has 4 aromatic rings. The van der Waals surface area contributed by atoms with Gasteiger partial charge in [0.25, 0.3) is 11.8 Å². The summed E-state index contributed by atoms with van der Waals surface area (Å²) in [5.74, 6) is -0.748. The van der Waals surface area contributed by atoms with Gasteiger partial charge >= 0.3 is 6.18 Å². The molecule has 8 heteroatoms. The minimum absolute atomic E-state index is 0.229. The van der Waals surface area contributed by atoms with Gasteiger partial charge in [0.05, 0.1) is 16.8 Å². The van der Waals surface area contributed by atoms with Crippen molar-refractivity contribution < 1.29 is 22.8 Å². The Bertz CT molecular complexity index is 1560. The van der Waals surface area contributed by atoms with Gasteiger partial charge in [-0.15, -0.1) is 0 Å². The summed E-state index contributed by atoms with van der Waals surface area (Å²) in [6.07, 6.45) is -3.10. The van der Waals surface area contributed by atoms with Crippen LogP contribution in [0, 0.1) is 0 Å². The van der Waals surface area contributed by atoms with Crippen LogP contribution in [0.2, 0.25) is 0 Å². The fraction of sp³-hybridized carbons (Fsp3) is 0.179. The van der Waals surface area contributed by atoms with Gasteiger partial charge in [0, 0.05) is 35.6 Å². The van der Waals surface area contributed by atoms with E-state index < -0.39 is 17.6 Å². The molecule has 0 spiro atoms. The summed E-state index contributed by atoms with van der Waals surface area (Å²) in [6, 6.07) is 17.5. The van der Waals surface area contributed by atoms with E-state index in [0.717, 1.165) is 22.9 Å². The van der Waals surface area contributed by atoms with Gasteiger partial charge in [0.1, 0.15) is 0 Å². The molecule has 0 saturated carbocycles. The summed E-state index contributed by atoms with van der Waals surface area (Å²) in [6.45, 7) is 0.737. The van der Waals surface area contributed by atoms with Crippen LogP contribution < -0.4 is 0 Å². The molecule has 1 aliphatic heterocycles. The van der Waals surface area contributed by atoms with Crippen LogP contribution in [0.3, 0.4) is 0 Å². The summed E-state index contributed by atoms with van der Waals surface area (Å²) in [7, 11) is 3.73. The maximum Gasteiger partial charge on any atom is 0.416 e. The van der Waals surface area contributed by atoms with Gasteiger partial charge in [-0.2, -0.15) is 13.2 Å². The van der Waals surface area contributed by atoms with Crippen LogP contribution in [0.4, 0.5) is 18.9 Å². The summed E-state index contributed by atoms with van der Waals surface area (Å²) < 4.78 is 39.4. The zero-order chi connectivity index (χ0) is 25.6. The van der Waals surface area contributed by atoms with E-state index in [1.54, 1.807) is 24.3 Å². The molecular weight excluding hydrogens is 467 g/mol. The molecular formula is C28H22F3N3O2. The third-order valence-electron chi connectivity index (χ3n) is 6.25. The van der Waals surface area contributed by atoms with Crippen molar-refractivity contribution in [2.24, 2.45) is 4.99 Å². The van der Waals surface area contributed by atoms with Crippen molar-refractivity contribution in [3.63, 3.8) is 0 Å². The van der Waals surface area contributed by atoms with E-state index in [1.165, 1.54) is 23.2 Å². The first-order valence-corrected chi connectivity index (χ1v) is 11.4. The number of amides is 2. The minimum atomic E-state index is -4.46. The van der Waals surface area contributed by atoms with Crippen LogP contribution in [-0.2, 0) is 6.18 Å². The smallest absolute Gasteiger partial charge is 0.308 e. The highest BCUT2D eigenvalue weighted by atomic mass is 19.4. The Morgan fingerprint density at radius 2 is 1.58 bits per heavy atom. The predicted octanol–water partition coefficient (Wildman–Crippen LogP) is 5.92. The summed E-state index contributed by atoms with van der Waals surface area (Å²) >= 11 is 0. The number of carbonyl (C=O) groups is 2. The van der Waals surface area contributed by atoms with Crippen LogP contribution in [0.25, 0.3) is 21.5 Å². The van der Waals surface area contributed by atoms with Crippen LogP contribution in [0.5, 0.6) is 0 Å². The zero-order valence-corrected chi connectivity index (χ0v) is 19.6. The molecule has 182 valence electrons. The first kappa shape index (κ1) is 23.7. The number of fused-ring (bicyclic) bond motifs is 2. The lowest BCUT2D eigenvalue weighted by Gasteiger charge is -2.29. The highest BCUT2D eigenvalue weighted by Gasteiger charge is 2.35. The zero-order valence-electron chi connectivity index (χ0n) is 19.6. The number of benzene rings is 4. The van der Waals surface area contributed by atoms with Gasteiger partial charge in [-0.05, 0) is 60.8 Å². The second-order valence-electron chi connectivity index (χ2n) is 8.98. The second-order valence-corrected chi connectivity index (χ2v) is 8.98. The Morgan fingerprint density at radius 1 is 0.889 bits per heavy atom. The van der Waals surface area contributed by atoms with Gasteiger partial charge in [-0.1, -0.05) is 36.4 Å². The lowest BCUT2D eigenvalue weighted by molar-refractivity contribution is -0.137. The number of nitrogens with zero attached hydrogens (tertiary/aromatic N) is 3. The summed E-state index contributed by atoms with van der Waals surface area (Å²) in [5, 5.41) is 2.66. The molecule has 4 aromatic carbocycles. The summed E-state index contributed by atoms with van der Waals surface area (Å²) in [4.78, 5) is 34.6. The number of aliphatic imine (C=N–C) groups is 1. The van der Waals surface area contributed by atoms with E-state index in [-0.39, 0.29) is 18.0 Å². The van der Waals surface area contributed by atoms with Gasteiger partial charge in [-0.3, -0.25) is 19.5 Å². The third-order valence-corrected chi connectivity index (χ3v) is 6.25. The van der Waals surface area contributed by atoms with Crippen LogP contribution in [-0.4, -0.2) is 55.0 Å². The van der Waals surface area contributed by atoms with Crippen molar-refractivity contribution in [2.75, 3.05) is 27.2 Å². The number of halogens is 3. The Labute approximate surface area is 205 Å². The van der Waals surface area contributed by atoms with Crippen molar-refractivity contribution in [1.82, 2.24) is 9.80 Å². The van der Waals surface area contributed by atoms with Gasteiger partial charge in [0.15, 0.2) is 0 Å². The molecule has 0 aliphatic carbocycles. The molecule has 5 rings (SSSR count). The Balaban J connectivity index is 1.70. The maximum absolute atomic E-state index is 13.7. The molecule has 5 nitrogen and oxygen atoms in total. The molecule has 36 heavy (non-hydrogen) atoms. The number of hydrogen-bond donors (Lipinski definition) is 0. The Morgan fingerprint density at radius 3 is 2.31 bits per heavy atom. The van der Waals surface area contributed by atoms with Crippen molar-refractivity contribution in [2.45, 2.75) is 6.18 Å². The lowest BCUT2D eigenvalue weighted by Crippen LogP contribution is -2.43. The fourth-order valence-corrected chi connectivity index (χ4v) is 4.53. The molecule has 0 N–H and O–H groups in total. The SMILES string of the molecule is CN(C)CCN1C(=O)c2cccc3cc4cccc(N=Cc5cccc(C(F)(F)F)c5)c4c(c23)C1=O. The molecule has 0 fully saturated rings. The molecule has 1 heterocycles. The Hall–Kier alpha value is -4.04. The van der Waals surface area contributed by atoms with E-state index in [2.05, 4.69) is 4.99 Å². The first-order valence-electron chi connectivity index (χ1n) is 11.4. The van der Waals surface area contributed by atoms with Crippen molar-refractivity contribution in [3.8, 4) is 0 Å². The van der Waals surface area contributed by atoms with E-state index in [9.17, 15) is 22.8 Å². The molecule has 0 saturated heterocycles. The minimum Gasteiger partial charge on any atom is -0.308 e. The monoisotopic (exact) mass is 489 g/mol. The molecule has 0 unspecified atom stereocenters. The van der Waals surface area contributed by atoms with E-state index >= 15 is 0 Å². The largest absolute Gasteiger partial charge is 0.416 e. The quantitative estimate of drug-likeness (QED) is 0.199. The molecule has 1 aliphatic rings. The Kier molecular flexibility index (Phi) is 5.84. The van der Waals surface area contributed by atoms with Crippen molar-refractivity contribution in [3.05, 3.63) is 89.0 Å². The fourth-order valence-electron chi connectivity index (χ4n) is 4.53.